The molecule has 0 aliphatic heterocycles. The molecule has 38 heavy (non-hydrogen) atoms. The first-order valence-corrected chi connectivity index (χ1v) is 14.3. The summed E-state index contributed by atoms with van der Waals surface area (Å²) in [5.41, 5.74) is 22.4. The van der Waals surface area contributed by atoms with Gasteiger partial charge in [0.15, 0.2) is 20.4 Å². The molecule has 0 aromatic rings. The van der Waals surface area contributed by atoms with Crippen LogP contribution in [0.5, 0.6) is 0 Å². The van der Waals surface area contributed by atoms with Gasteiger partial charge >= 0.3 is 39.0 Å². The van der Waals surface area contributed by atoms with E-state index in [2.05, 4.69) is 0 Å². The minimum atomic E-state index is -0.255. The zero-order valence-electron chi connectivity index (χ0n) is 20.7. The van der Waals surface area contributed by atoms with Gasteiger partial charge in [0.25, 0.3) is 0 Å². The number of thiocarbonyl (C=S) groups is 8. The van der Waals surface area contributed by atoms with Gasteiger partial charge in [0, 0.05) is 0 Å². The Morgan fingerprint density at radius 3 is 0.579 bits per heavy atom. The van der Waals surface area contributed by atoms with Crippen molar-refractivity contribution in [2.45, 2.75) is 51.9 Å². The molecule has 8 N–H and O–H groups in total. The molecule has 0 bridgehead atoms. The van der Waals surface area contributed by atoms with Gasteiger partial charge in [-0.2, -0.15) is 0 Å². The van der Waals surface area contributed by atoms with E-state index in [1.165, 1.54) is 19.6 Å². The van der Waals surface area contributed by atoms with Crippen molar-refractivity contribution >= 4 is 186 Å². The third-order valence-corrected chi connectivity index (χ3v) is 7.12. The molecular formula is C16H24N8S12Zn2. The average molecular weight is 844 g/mol. The van der Waals surface area contributed by atoms with Crippen LogP contribution in [-0.2, 0) is 89.5 Å². The molecule has 0 aromatic heterocycles. The summed E-state index contributed by atoms with van der Waals surface area (Å²) in [4.78, 5) is 5.85. The fourth-order valence-corrected chi connectivity index (χ4v) is 6.30. The molecule has 4 atom stereocenters. The van der Waals surface area contributed by atoms with E-state index in [1.807, 2.05) is 27.7 Å². The Bertz CT molecular complexity index is 723. The summed E-state index contributed by atoms with van der Waals surface area (Å²) in [6.45, 7) is 7.34. The van der Waals surface area contributed by atoms with Crippen LogP contribution in [0.4, 0.5) is 0 Å². The van der Waals surface area contributed by atoms with Gasteiger partial charge in [-0.3, -0.25) is 0 Å². The van der Waals surface area contributed by atoms with Crippen molar-refractivity contribution in [3.8, 4) is 0 Å². The molecule has 0 radical (unpaired) electrons. The Morgan fingerprint density at radius 1 is 0.421 bits per heavy atom. The zero-order chi connectivity index (χ0) is 29.2. The van der Waals surface area contributed by atoms with E-state index in [4.69, 9.17) is 171 Å². The van der Waals surface area contributed by atoms with E-state index in [-0.39, 0.29) is 101 Å². The van der Waals surface area contributed by atoms with Gasteiger partial charge in [-0.15, -0.1) is 0 Å². The molecule has 0 rings (SSSR count). The fraction of sp³-hybridized carbons (Fsp3) is 0.500. The topological polar surface area (TPSA) is 117 Å². The second kappa shape index (κ2) is 21.9. The van der Waals surface area contributed by atoms with E-state index in [0.717, 1.165) is 0 Å². The molecule has 0 fully saturated rings. The van der Waals surface area contributed by atoms with Crippen molar-refractivity contribution in [3.63, 3.8) is 0 Å². The molecule has 4 unspecified atom stereocenters. The molecular weight excluding hydrogens is 820 g/mol. The predicted molar refractivity (Wildman–Crippen MR) is 192 cm³/mol. The molecule has 204 valence electrons. The standard InChI is InChI=1S/2C8H14N4S6.2Zn/c2*1-3(11(5(9)13)7(15)16)4(2)12(6(10)14)8(17)18;;/h2*3-4H,1-2H3,(H2,9,13)(H2,10,14)(H,15,16)(H,17,18);;/q;;2*+2/p-4. The van der Waals surface area contributed by atoms with Crippen LogP contribution in [0.25, 0.3) is 0 Å². The third-order valence-electron chi connectivity index (χ3n) is 4.76. The number of nitrogens with zero attached hydrogens (tertiary/aromatic N) is 4. The number of hydrogen-bond acceptors (Lipinski definition) is 12. The summed E-state index contributed by atoms with van der Waals surface area (Å²) >= 11 is 59.2. The minimum absolute atomic E-state index is 0. The first kappa shape index (κ1) is 46.2. The van der Waals surface area contributed by atoms with Crippen molar-refractivity contribution in [2.75, 3.05) is 0 Å². The Kier molecular flexibility index (Phi) is 26.6. The summed E-state index contributed by atoms with van der Waals surface area (Å²) in [7, 11) is 0. The molecule has 22 heteroatoms. The molecule has 0 aliphatic carbocycles. The van der Waals surface area contributed by atoms with E-state index in [0.29, 0.717) is 0 Å². The van der Waals surface area contributed by atoms with Crippen molar-refractivity contribution in [3.05, 3.63) is 0 Å². The van der Waals surface area contributed by atoms with Crippen LogP contribution in [0.2, 0.25) is 0 Å². The third kappa shape index (κ3) is 14.9. The smallest absolute Gasteiger partial charge is 0.411 e. The maximum absolute atomic E-state index is 5.59. The molecule has 0 spiro atoms. The average Bonchev–Trinajstić information content (AvgIpc) is 2.65. The second-order valence-corrected chi connectivity index (χ2v) is 12.7. The van der Waals surface area contributed by atoms with Crippen LogP contribution < -0.4 is 22.9 Å². The largest absolute Gasteiger partial charge is 2.00 e. The van der Waals surface area contributed by atoms with E-state index >= 15 is 0 Å². The Morgan fingerprint density at radius 2 is 0.526 bits per heavy atom. The summed E-state index contributed by atoms with van der Waals surface area (Å²) < 4.78 is 0.611. The van der Waals surface area contributed by atoms with Gasteiger partial charge in [0.2, 0.25) is 0 Å². The SMILES string of the molecule is CC(C(C)N(C(N)=S)C(=S)[S-])N(C(N)=S)C(=S)[S-].CC(C(C)N(C(N)=S)C(=S)[S-])N(C(N)=S)C(=S)[S-].[Zn+2].[Zn+2]. The van der Waals surface area contributed by atoms with Crippen molar-refractivity contribution in [1.29, 1.82) is 0 Å². The van der Waals surface area contributed by atoms with Gasteiger partial charge in [0.1, 0.15) is 0 Å². The van der Waals surface area contributed by atoms with Gasteiger partial charge in [-0.1, -0.05) is 17.3 Å². The molecule has 0 saturated heterocycles. The first-order chi connectivity index (χ1) is 16.2. The maximum Gasteiger partial charge on any atom is 2.00 e. The Labute approximate surface area is 315 Å². The summed E-state index contributed by atoms with van der Waals surface area (Å²) in [5.74, 6) is 0. The molecule has 8 nitrogen and oxygen atoms in total. The number of nitrogens with two attached hydrogens (primary N) is 4. The molecule has 0 saturated carbocycles. The van der Waals surface area contributed by atoms with Crippen LogP contribution >= 0.6 is 97.7 Å². The molecule has 0 aliphatic rings. The van der Waals surface area contributed by atoms with Crippen LogP contribution in [0.3, 0.4) is 0 Å². The first-order valence-electron chi connectivity index (χ1n) is 9.40. The summed E-state index contributed by atoms with van der Waals surface area (Å²) in [6, 6.07) is -1.02. The van der Waals surface area contributed by atoms with Gasteiger partial charge in [-0.25, -0.2) is 0 Å². The van der Waals surface area contributed by atoms with Crippen LogP contribution in [0.1, 0.15) is 27.7 Å². The Balaban J connectivity index is -0.000000289. The maximum atomic E-state index is 5.59. The van der Waals surface area contributed by atoms with Gasteiger partial charge in [0.05, 0.1) is 24.2 Å². The molecule has 0 amide bonds. The quantitative estimate of drug-likeness (QED) is 0.173. The minimum Gasteiger partial charge on any atom is -0.411 e. The zero-order valence-corrected chi connectivity index (χ0v) is 36.5. The predicted octanol–water partition coefficient (Wildman–Crippen LogP) is 1.03. The second-order valence-electron chi connectivity index (χ2n) is 6.86. The fourth-order valence-electron chi connectivity index (χ4n) is 2.69. The van der Waals surface area contributed by atoms with Crippen LogP contribution in [0, 0.1) is 0 Å². The van der Waals surface area contributed by atoms with Crippen molar-refractivity contribution in [1.82, 2.24) is 19.6 Å². The van der Waals surface area contributed by atoms with E-state index in [9.17, 15) is 0 Å². The van der Waals surface area contributed by atoms with Gasteiger partial charge < -0.3 is 142 Å². The molecule has 0 heterocycles. The molecule has 0 aromatic carbocycles. The summed E-state index contributed by atoms with van der Waals surface area (Å²) in [5, 5.41) is 0.361. The number of rotatable bonds is 6. The van der Waals surface area contributed by atoms with E-state index in [1.54, 1.807) is 0 Å². The normalized spacial score (nSPS) is 12.5. The van der Waals surface area contributed by atoms with Crippen molar-refractivity contribution in [2.24, 2.45) is 22.9 Å². The van der Waals surface area contributed by atoms with Crippen LogP contribution in [-0.4, -0.2) is 81.5 Å². The van der Waals surface area contributed by atoms with Gasteiger partial charge in [-0.05, 0) is 76.6 Å². The number of hydrogen-bond donors (Lipinski definition) is 4. The summed E-state index contributed by atoms with van der Waals surface area (Å²) in [6.07, 6.45) is 0. The van der Waals surface area contributed by atoms with E-state index < -0.39 is 0 Å². The van der Waals surface area contributed by atoms with Crippen molar-refractivity contribution < 1.29 is 39.0 Å². The Hall–Kier alpha value is 1.25. The monoisotopic (exact) mass is 840 g/mol. The van der Waals surface area contributed by atoms with Crippen LogP contribution in [0.15, 0.2) is 0 Å².